The molecule has 10 heavy (non-hydrogen) atoms. The summed E-state index contributed by atoms with van der Waals surface area (Å²) in [6.07, 6.45) is 0. The van der Waals surface area contributed by atoms with Crippen molar-refractivity contribution in [3.63, 3.8) is 0 Å². The Hall–Kier alpha value is -0.970. The second kappa shape index (κ2) is 2.74. The summed E-state index contributed by atoms with van der Waals surface area (Å²) in [4.78, 5) is 9.42. The van der Waals surface area contributed by atoms with E-state index in [4.69, 9.17) is 4.42 Å². The average Bonchev–Trinajstić information content (AvgIpc) is 2.34. The molecule has 53 valence electrons. The maximum absolute atomic E-state index is 10.0. The minimum atomic E-state index is -0.589. The Morgan fingerprint density at radius 3 is 2.70 bits per heavy atom. The quantitative estimate of drug-likeness (QED) is 0.487. The zero-order valence-corrected chi connectivity index (χ0v) is 5.76. The highest BCUT2D eigenvalue weighted by atomic mass is 32.1. The Labute approximate surface area is 62.4 Å². The van der Waals surface area contributed by atoms with Crippen LogP contribution in [-0.4, -0.2) is 4.92 Å². The van der Waals surface area contributed by atoms with Crippen LogP contribution in [0.3, 0.4) is 0 Å². The second-order valence-corrected chi connectivity index (χ2v) is 1.93. The Kier molecular flexibility index (Phi) is 1.96. The molecule has 1 heterocycles. The highest BCUT2D eigenvalue weighted by molar-refractivity contribution is 7.79. The van der Waals surface area contributed by atoms with Crippen molar-refractivity contribution in [1.29, 1.82) is 0 Å². The first-order valence-corrected chi connectivity index (χ1v) is 3.13. The zero-order chi connectivity index (χ0) is 7.56. The van der Waals surface area contributed by atoms with Crippen LogP contribution in [0.1, 0.15) is 5.76 Å². The summed E-state index contributed by atoms with van der Waals surface area (Å²) in [7, 11) is 0. The zero-order valence-electron chi connectivity index (χ0n) is 4.94. The van der Waals surface area contributed by atoms with Gasteiger partial charge in [-0.2, -0.15) is 0 Å². The predicted octanol–water partition coefficient (Wildman–Crippen LogP) is 1.89. The number of nitrogens with zero attached hydrogens (tertiary/aromatic N) is 1. The minimum Gasteiger partial charge on any atom is -0.405 e. The number of hydrogen-bond donors (Lipinski definition) is 0. The van der Waals surface area contributed by atoms with Gasteiger partial charge in [-0.05, 0) is 6.07 Å². The van der Waals surface area contributed by atoms with E-state index in [0.29, 0.717) is 5.76 Å². The molecule has 1 aromatic heterocycles. The van der Waals surface area contributed by atoms with Gasteiger partial charge in [-0.15, -0.1) is 0 Å². The number of furan rings is 1. The Bertz CT molecular complexity index is 245. The summed E-state index contributed by atoms with van der Waals surface area (Å²) >= 11 is 4.60. The minimum absolute atomic E-state index is 0.250. The van der Waals surface area contributed by atoms with Crippen molar-refractivity contribution in [3.05, 3.63) is 28.0 Å². The average molecular weight is 158 g/mol. The maximum Gasteiger partial charge on any atom is 0.433 e. The van der Waals surface area contributed by atoms with E-state index in [1.807, 2.05) is 0 Å². The molecule has 0 aliphatic rings. The summed E-state index contributed by atoms with van der Waals surface area (Å²) in [5.41, 5.74) is 0. The molecule has 0 N–H and O–H groups in total. The van der Waals surface area contributed by atoms with Crippen LogP contribution < -0.4 is 0 Å². The van der Waals surface area contributed by atoms with E-state index in [0.717, 1.165) is 0 Å². The fourth-order valence-corrected chi connectivity index (χ4v) is 0.697. The molecule has 0 atom stereocenters. The molecule has 5 heteroatoms. The third-order valence-electron chi connectivity index (χ3n) is 0.970. The summed E-state index contributed by atoms with van der Waals surface area (Å²) in [6.45, 7) is 0. The van der Waals surface area contributed by atoms with Gasteiger partial charge in [-0.1, -0.05) is 12.6 Å². The molecule has 0 bridgehead atoms. The molecule has 0 aromatic carbocycles. The van der Waals surface area contributed by atoms with E-state index >= 15 is 0 Å². The van der Waals surface area contributed by atoms with E-state index < -0.39 is 4.92 Å². The van der Waals surface area contributed by atoms with Crippen molar-refractivity contribution in [3.8, 4) is 0 Å². The summed E-state index contributed by atoms with van der Waals surface area (Å²) < 4.78 is 4.69. The van der Waals surface area contributed by atoms with Crippen LogP contribution in [0.5, 0.6) is 0 Å². The van der Waals surface area contributed by atoms with Crippen molar-refractivity contribution < 1.29 is 9.34 Å². The lowest BCUT2D eigenvalue weighted by Crippen LogP contribution is -1.82. The van der Waals surface area contributed by atoms with Gasteiger partial charge in [0.1, 0.15) is 10.7 Å². The molecule has 0 fully saturated rings. The lowest BCUT2D eigenvalue weighted by molar-refractivity contribution is -0.402. The van der Waals surface area contributed by atoms with Gasteiger partial charge >= 0.3 is 5.88 Å². The van der Waals surface area contributed by atoms with Crippen LogP contribution in [0.25, 0.3) is 0 Å². The van der Waals surface area contributed by atoms with Gasteiger partial charge in [0.05, 0.1) is 11.8 Å². The molecule has 1 radical (unpaired) electrons. The predicted molar refractivity (Wildman–Crippen MR) is 36.7 cm³/mol. The van der Waals surface area contributed by atoms with Crippen LogP contribution >= 0.6 is 12.6 Å². The molecule has 0 saturated carbocycles. The summed E-state index contributed by atoms with van der Waals surface area (Å²) in [5, 5.41) is 10.0. The lowest BCUT2D eigenvalue weighted by atomic mass is 10.5. The normalized spacial score (nSPS) is 9.70. The first-order valence-electron chi connectivity index (χ1n) is 2.55. The Morgan fingerprint density at radius 2 is 2.40 bits per heavy atom. The lowest BCUT2D eigenvalue weighted by Gasteiger charge is -1.82. The van der Waals surface area contributed by atoms with Crippen LogP contribution in [0.4, 0.5) is 5.88 Å². The van der Waals surface area contributed by atoms with Gasteiger partial charge in [0, 0.05) is 0 Å². The van der Waals surface area contributed by atoms with Crippen LogP contribution in [0.15, 0.2) is 16.5 Å². The van der Waals surface area contributed by atoms with Gasteiger partial charge in [0.15, 0.2) is 0 Å². The molecule has 1 aromatic rings. The third kappa shape index (κ3) is 1.30. The highest BCUT2D eigenvalue weighted by Gasteiger charge is 2.09. The highest BCUT2D eigenvalue weighted by Crippen LogP contribution is 2.16. The van der Waals surface area contributed by atoms with Crippen molar-refractivity contribution in [2.75, 3.05) is 0 Å². The van der Waals surface area contributed by atoms with Gasteiger partial charge in [-0.3, -0.25) is 10.1 Å². The smallest absolute Gasteiger partial charge is 0.405 e. The van der Waals surface area contributed by atoms with E-state index in [2.05, 4.69) is 12.6 Å². The molecule has 4 nitrogen and oxygen atoms in total. The molecule has 1 rings (SSSR count). The Balaban J connectivity index is 2.88. The van der Waals surface area contributed by atoms with Crippen LogP contribution in [-0.2, 0) is 5.75 Å². The van der Waals surface area contributed by atoms with Crippen LogP contribution in [0, 0.1) is 10.1 Å². The first-order chi connectivity index (χ1) is 4.74. The van der Waals surface area contributed by atoms with Gasteiger partial charge in [0.2, 0.25) is 0 Å². The van der Waals surface area contributed by atoms with Crippen LogP contribution in [0.2, 0.25) is 0 Å². The molecule has 0 aliphatic heterocycles. The maximum atomic E-state index is 10.0. The summed E-state index contributed by atoms with van der Waals surface area (Å²) in [5.74, 6) is 0.481. The Morgan fingerprint density at radius 1 is 1.70 bits per heavy atom. The van der Waals surface area contributed by atoms with Gasteiger partial charge in [0.25, 0.3) is 0 Å². The summed E-state index contributed by atoms with van der Waals surface area (Å²) in [6, 6.07) is 2.80. The molecule has 0 amide bonds. The van der Waals surface area contributed by atoms with E-state index in [-0.39, 0.29) is 11.6 Å². The van der Waals surface area contributed by atoms with E-state index in [9.17, 15) is 10.1 Å². The third-order valence-corrected chi connectivity index (χ3v) is 1.25. The molecule has 0 unspecified atom stereocenters. The van der Waals surface area contributed by atoms with Crippen molar-refractivity contribution in [2.24, 2.45) is 0 Å². The number of hydrogen-bond acceptors (Lipinski definition) is 3. The number of nitro groups is 1. The first kappa shape index (κ1) is 7.14. The van der Waals surface area contributed by atoms with E-state index in [1.165, 1.54) is 12.1 Å². The monoisotopic (exact) mass is 158 g/mol. The molecular weight excluding hydrogens is 154 g/mol. The fourth-order valence-electron chi connectivity index (χ4n) is 0.542. The SMILES string of the molecule is O=[N+]([O-])c1ccc(C[S])o1. The molecule has 0 aliphatic carbocycles. The fraction of sp³-hybridized carbons (Fsp3) is 0.200. The molecule has 0 saturated heterocycles. The second-order valence-electron chi connectivity index (χ2n) is 1.64. The largest absolute Gasteiger partial charge is 0.433 e. The standard InChI is InChI=1S/C5H4NO3S/c7-6(8)5-2-1-4(3-10)9-5/h1-2H,3H2. The van der Waals surface area contributed by atoms with Gasteiger partial charge in [-0.25, -0.2) is 0 Å². The van der Waals surface area contributed by atoms with Crippen molar-refractivity contribution in [2.45, 2.75) is 5.75 Å². The van der Waals surface area contributed by atoms with Gasteiger partial charge < -0.3 is 4.42 Å². The van der Waals surface area contributed by atoms with Crippen molar-refractivity contribution in [1.82, 2.24) is 0 Å². The molecular formula is C5H4NO3S. The van der Waals surface area contributed by atoms with Crippen molar-refractivity contribution >= 4 is 18.5 Å². The topological polar surface area (TPSA) is 56.3 Å². The molecule has 0 spiro atoms. The van der Waals surface area contributed by atoms with E-state index in [1.54, 1.807) is 0 Å². The number of rotatable bonds is 2.